The first-order valence-corrected chi connectivity index (χ1v) is 8.63. The van der Waals surface area contributed by atoms with E-state index in [0.717, 1.165) is 34.0 Å². The van der Waals surface area contributed by atoms with Gasteiger partial charge in [-0.05, 0) is 29.0 Å². The smallest absolute Gasteiger partial charge is 0.206 e. The molecule has 0 amide bonds. The van der Waals surface area contributed by atoms with Crippen molar-refractivity contribution >= 4 is 28.2 Å². The van der Waals surface area contributed by atoms with E-state index in [-0.39, 0.29) is 0 Å². The summed E-state index contributed by atoms with van der Waals surface area (Å²) in [5.41, 5.74) is 0. The Morgan fingerprint density at radius 3 is 3.14 bits per heavy atom. The minimum absolute atomic E-state index is 0.598. The Morgan fingerprint density at radius 1 is 1.36 bits per heavy atom. The largest absolute Gasteiger partial charge is 0.467 e. The normalized spacial score (nSPS) is 11.0. The van der Waals surface area contributed by atoms with Gasteiger partial charge in [0.15, 0.2) is 10.2 Å². The zero-order valence-electron chi connectivity index (χ0n) is 12.0. The molecule has 1 N–H and O–H groups in total. The van der Waals surface area contributed by atoms with Crippen LogP contribution in [0.2, 0.25) is 0 Å². The van der Waals surface area contributed by atoms with Crippen molar-refractivity contribution in [3.05, 3.63) is 30.0 Å². The molecule has 0 aromatic carbocycles. The van der Waals surface area contributed by atoms with Gasteiger partial charge in [-0.3, -0.25) is 0 Å². The van der Waals surface area contributed by atoms with Gasteiger partial charge in [-0.15, -0.1) is 15.3 Å². The predicted octanol–water partition coefficient (Wildman–Crippen LogP) is 2.43. The molecule has 22 heavy (non-hydrogen) atoms. The Balaban J connectivity index is 1.52. The summed E-state index contributed by atoms with van der Waals surface area (Å²) in [4.78, 5) is 0. The standard InChI is InChI=1S/C12H15N7OS2/c1-2-5-19-10(14-17-18-19)8-21-12-16-15-11(22-12)13-7-9-4-3-6-20-9/h3-4,6H,2,5,7-8H2,1H3,(H,13,15). The lowest BCUT2D eigenvalue weighted by Gasteiger charge is -2.00. The highest BCUT2D eigenvalue weighted by molar-refractivity contribution is 8.00. The number of tetrazole rings is 1. The number of nitrogens with zero attached hydrogens (tertiary/aromatic N) is 6. The molecule has 0 fully saturated rings. The van der Waals surface area contributed by atoms with Crippen LogP contribution in [0.15, 0.2) is 27.2 Å². The molecule has 3 aromatic heterocycles. The quantitative estimate of drug-likeness (QED) is 0.626. The van der Waals surface area contributed by atoms with E-state index in [0.29, 0.717) is 12.3 Å². The molecular formula is C12H15N7OS2. The lowest BCUT2D eigenvalue weighted by molar-refractivity contribution is 0.518. The second-order valence-electron chi connectivity index (χ2n) is 4.41. The zero-order chi connectivity index (χ0) is 15.2. The van der Waals surface area contributed by atoms with Crippen molar-refractivity contribution in [2.75, 3.05) is 5.32 Å². The van der Waals surface area contributed by atoms with Crippen molar-refractivity contribution in [1.82, 2.24) is 30.4 Å². The minimum atomic E-state index is 0.598. The van der Waals surface area contributed by atoms with Crippen LogP contribution in [0.3, 0.4) is 0 Å². The van der Waals surface area contributed by atoms with E-state index in [1.807, 2.05) is 16.8 Å². The Hall–Kier alpha value is -1.94. The number of hydrogen-bond acceptors (Lipinski definition) is 9. The highest BCUT2D eigenvalue weighted by Crippen LogP contribution is 2.27. The fourth-order valence-electron chi connectivity index (χ4n) is 1.75. The van der Waals surface area contributed by atoms with Crippen LogP contribution < -0.4 is 5.32 Å². The highest BCUT2D eigenvalue weighted by atomic mass is 32.2. The first-order chi connectivity index (χ1) is 10.8. The van der Waals surface area contributed by atoms with Crippen LogP contribution in [0, 0.1) is 0 Å². The van der Waals surface area contributed by atoms with Gasteiger partial charge in [0, 0.05) is 6.54 Å². The number of nitrogens with one attached hydrogen (secondary N) is 1. The van der Waals surface area contributed by atoms with Gasteiger partial charge in [-0.2, -0.15) is 0 Å². The molecular weight excluding hydrogens is 322 g/mol. The second kappa shape index (κ2) is 7.36. The van der Waals surface area contributed by atoms with E-state index >= 15 is 0 Å². The second-order valence-corrected chi connectivity index (χ2v) is 6.61. The molecule has 3 heterocycles. The Morgan fingerprint density at radius 2 is 2.32 bits per heavy atom. The van der Waals surface area contributed by atoms with E-state index < -0.39 is 0 Å². The van der Waals surface area contributed by atoms with Crippen molar-refractivity contribution < 1.29 is 4.42 Å². The van der Waals surface area contributed by atoms with Gasteiger partial charge >= 0.3 is 0 Å². The zero-order valence-corrected chi connectivity index (χ0v) is 13.6. The summed E-state index contributed by atoms with van der Waals surface area (Å²) in [5.74, 6) is 2.40. The molecule has 116 valence electrons. The number of aryl methyl sites for hydroxylation is 1. The Bertz CT molecular complexity index is 694. The number of hydrogen-bond donors (Lipinski definition) is 1. The number of rotatable bonds is 8. The Labute approximate surface area is 135 Å². The van der Waals surface area contributed by atoms with Crippen LogP contribution in [-0.2, 0) is 18.8 Å². The molecule has 0 aliphatic rings. The summed E-state index contributed by atoms with van der Waals surface area (Å²) in [5, 5.41) is 23.9. The molecule has 0 aliphatic carbocycles. The lowest BCUT2D eigenvalue weighted by atomic mass is 10.4. The third-order valence-corrected chi connectivity index (χ3v) is 4.78. The SMILES string of the molecule is CCCn1nnnc1CSc1nnc(NCc2ccco2)s1. The van der Waals surface area contributed by atoms with Crippen LogP contribution in [-0.4, -0.2) is 30.4 Å². The molecule has 8 nitrogen and oxygen atoms in total. The number of furan rings is 1. The van der Waals surface area contributed by atoms with Crippen LogP contribution in [0.4, 0.5) is 5.13 Å². The third kappa shape index (κ3) is 3.83. The monoisotopic (exact) mass is 337 g/mol. The van der Waals surface area contributed by atoms with Crippen molar-refractivity contribution in [3.8, 4) is 0 Å². The number of anilines is 1. The van der Waals surface area contributed by atoms with Gasteiger partial charge < -0.3 is 9.73 Å². The molecule has 0 atom stereocenters. The van der Waals surface area contributed by atoms with E-state index in [4.69, 9.17) is 4.42 Å². The average Bonchev–Trinajstić information content (AvgIpc) is 3.26. The minimum Gasteiger partial charge on any atom is -0.467 e. The van der Waals surface area contributed by atoms with Crippen molar-refractivity contribution in [3.63, 3.8) is 0 Å². The van der Waals surface area contributed by atoms with Crippen LogP contribution in [0.1, 0.15) is 24.9 Å². The number of thioether (sulfide) groups is 1. The predicted molar refractivity (Wildman–Crippen MR) is 83.6 cm³/mol. The van der Waals surface area contributed by atoms with Crippen LogP contribution in [0.5, 0.6) is 0 Å². The maximum absolute atomic E-state index is 5.26. The van der Waals surface area contributed by atoms with Crippen molar-refractivity contribution in [2.24, 2.45) is 0 Å². The summed E-state index contributed by atoms with van der Waals surface area (Å²) in [6.45, 7) is 3.52. The van der Waals surface area contributed by atoms with Gasteiger partial charge in [0.2, 0.25) is 5.13 Å². The fraction of sp³-hybridized carbons (Fsp3) is 0.417. The molecule has 0 saturated heterocycles. The summed E-state index contributed by atoms with van der Waals surface area (Å²) in [6, 6.07) is 3.77. The van der Waals surface area contributed by atoms with E-state index in [1.165, 1.54) is 11.3 Å². The summed E-state index contributed by atoms with van der Waals surface area (Å²) in [7, 11) is 0. The van der Waals surface area contributed by atoms with Crippen LogP contribution in [0.25, 0.3) is 0 Å². The van der Waals surface area contributed by atoms with Gasteiger partial charge in [-0.25, -0.2) is 4.68 Å². The number of aromatic nitrogens is 6. The van der Waals surface area contributed by atoms with Crippen LogP contribution >= 0.6 is 23.1 Å². The molecule has 0 unspecified atom stereocenters. The Kier molecular flexibility index (Phi) is 5.01. The molecule has 3 rings (SSSR count). The van der Waals surface area contributed by atoms with Gasteiger partial charge in [-0.1, -0.05) is 30.0 Å². The van der Waals surface area contributed by atoms with E-state index in [1.54, 1.807) is 18.0 Å². The first-order valence-electron chi connectivity index (χ1n) is 6.82. The summed E-state index contributed by atoms with van der Waals surface area (Å²) in [6.07, 6.45) is 2.65. The van der Waals surface area contributed by atoms with Crippen molar-refractivity contribution in [1.29, 1.82) is 0 Å². The molecule has 0 saturated carbocycles. The van der Waals surface area contributed by atoms with E-state index in [2.05, 4.69) is 38.0 Å². The van der Waals surface area contributed by atoms with Gasteiger partial charge in [0.05, 0.1) is 18.6 Å². The molecule has 3 aromatic rings. The molecule has 0 spiro atoms. The molecule has 0 aliphatic heterocycles. The average molecular weight is 337 g/mol. The first kappa shape index (κ1) is 15.0. The third-order valence-electron chi connectivity index (χ3n) is 2.77. The summed E-state index contributed by atoms with van der Waals surface area (Å²) >= 11 is 3.09. The molecule has 0 bridgehead atoms. The topological polar surface area (TPSA) is 94.5 Å². The molecule has 10 heteroatoms. The van der Waals surface area contributed by atoms with Gasteiger partial charge in [0.25, 0.3) is 0 Å². The summed E-state index contributed by atoms with van der Waals surface area (Å²) < 4.78 is 7.96. The lowest BCUT2D eigenvalue weighted by Crippen LogP contribution is -2.04. The fourth-order valence-corrected chi connectivity index (χ4v) is 3.43. The maximum atomic E-state index is 5.26. The van der Waals surface area contributed by atoms with Gasteiger partial charge in [0.1, 0.15) is 5.76 Å². The van der Waals surface area contributed by atoms with Crippen molar-refractivity contribution in [2.45, 2.75) is 36.5 Å². The molecule has 0 radical (unpaired) electrons. The maximum Gasteiger partial charge on any atom is 0.206 e. The highest BCUT2D eigenvalue weighted by Gasteiger charge is 2.09. The van der Waals surface area contributed by atoms with E-state index in [9.17, 15) is 0 Å².